The summed E-state index contributed by atoms with van der Waals surface area (Å²) in [5, 5.41) is 9.70. The van der Waals surface area contributed by atoms with E-state index in [0.29, 0.717) is 49.0 Å². The Morgan fingerprint density at radius 3 is 2.63 bits per heavy atom. The van der Waals surface area contributed by atoms with Crippen molar-refractivity contribution in [2.24, 2.45) is 11.3 Å². The van der Waals surface area contributed by atoms with Gasteiger partial charge in [-0.3, -0.25) is 9.59 Å². The second-order valence-electron chi connectivity index (χ2n) is 7.42. The molecule has 150 valence electrons. The second kappa shape index (κ2) is 9.08. The van der Waals surface area contributed by atoms with Crippen molar-refractivity contribution < 1.29 is 28.9 Å². The van der Waals surface area contributed by atoms with Crippen LogP contribution in [0.15, 0.2) is 18.2 Å². The van der Waals surface area contributed by atoms with Crippen molar-refractivity contribution in [1.82, 2.24) is 4.90 Å². The third-order valence-corrected chi connectivity index (χ3v) is 4.73. The Morgan fingerprint density at radius 1 is 1.30 bits per heavy atom. The van der Waals surface area contributed by atoms with Gasteiger partial charge >= 0.3 is 5.97 Å². The molecule has 1 heterocycles. The van der Waals surface area contributed by atoms with E-state index < -0.39 is 11.4 Å². The Balaban J connectivity index is 2.28. The number of benzene rings is 1. The molecular weight excluding hydrogens is 350 g/mol. The maximum atomic E-state index is 13.2. The normalized spacial score (nSPS) is 19.8. The first kappa shape index (κ1) is 21.0. The van der Waals surface area contributed by atoms with Crippen LogP contribution in [0.25, 0.3) is 0 Å². The lowest BCUT2D eigenvalue weighted by Crippen LogP contribution is -2.52. The number of nitrogens with zero attached hydrogens (tertiary/aromatic N) is 1. The summed E-state index contributed by atoms with van der Waals surface area (Å²) >= 11 is 0. The molecule has 1 saturated heterocycles. The minimum Gasteiger partial charge on any atom is -0.497 e. The number of likely N-dealkylation sites (tertiary alicyclic amines) is 1. The standard InChI is InChI=1S/C20H29NO6/c1-14(2)11-27-17-10-15(26-4)6-7-16(17)18(22)21-9-5-8-20(12-21,13-25-3)19(23)24/h6-7,10,14H,5,8-9,11-13H2,1-4H3,(H,23,24). The average Bonchev–Trinajstić information content (AvgIpc) is 2.65. The number of carboxylic acid groups (broad SMARTS) is 1. The molecule has 1 amide bonds. The van der Waals surface area contributed by atoms with E-state index in [1.165, 1.54) is 7.11 Å². The Labute approximate surface area is 160 Å². The third-order valence-electron chi connectivity index (χ3n) is 4.73. The Morgan fingerprint density at radius 2 is 2.04 bits per heavy atom. The van der Waals surface area contributed by atoms with Crippen molar-refractivity contribution in [2.45, 2.75) is 26.7 Å². The number of hydrogen-bond acceptors (Lipinski definition) is 5. The summed E-state index contributed by atoms with van der Waals surface area (Å²) in [4.78, 5) is 26.6. The number of piperidine rings is 1. The number of carbonyl (C=O) groups is 2. The molecule has 7 nitrogen and oxygen atoms in total. The van der Waals surface area contributed by atoms with Crippen LogP contribution in [0.5, 0.6) is 11.5 Å². The fraction of sp³-hybridized carbons (Fsp3) is 0.600. The van der Waals surface area contributed by atoms with Crippen LogP contribution in [-0.2, 0) is 9.53 Å². The van der Waals surface area contributed by atoms with Gasteiger partial charge in [-0.25, -0.2) is 0 Å². The molecule has 0 radical (unpaired) electrons. The highest BCUT2D eigenvalue weighted by molar-refractivity contribution is 5.97. The molecule has 0 bridgehead atoms. The van der Waals surface area contributed by atoms with E-state index in [4.69, 9.17) is 14.2 Å². The topological polar surface area (TPSA) is 85.3 Å². The van der Waals surface area contributed by atoms with E-state index in [1.54, 1.807) is 30.2 Å². The molecule has 7 heteroatoms. The van der Waals surface area contributed by atoms with Crippen molar-refractivity contribution in [1.29, 1.82) is 0 Å². The molecule has 1 N–H and O–H groups in total. The number of carboxylic acids is 1. The molecule has 1 fully saturated rings. The number of hydrogen-bond donors (Lipinski definition) is 1. The summed E-state index contributed by atoms with van der Waals surface area (Å²) in [6.07, 6.45) is 1.10. The lowest BCUT2D eigenvalue weighted by atomic mass is 9.80. The van der Waals surface area contributed by atoms with E-state index in [0.717, 1.165) is 0 Å². The first-order valence-corrected chi connectivity index (χ1v) is 9.15. The summed E-state index contributed by atoms with van der Waals surface area (Å²) in [7, 11) is 3.03. The molecule has 0 spiro atoms. The van der Waals surface area contributed by atoms with E-state index >= 15 is 0 Å². The predicted molar refractivity (Wildman–Crippen MR) is 100 cm³/mol. The van der Waals surface area contributed by atoms with Crippen LogP contribution in [0.4, 0.5) is 0 Å². The molecule has 1 aromatic rings. The summed E-state index contributed by atoms with van der Waals surface area (Å²) < 4.78 is 16.2. The van der Waals surface area contributed by atoms with Gasteiger partial charge in [0.05, 0.1) is 25.9 Å². The Kier molecular flexibility index (Phi) is 7.07. The first-order valence-electron chi connectivity index (χ1n) is 9.15. The molecule has 27 heavy (non-hydrogen) atoms. The molecule has 0 aromatic heterocycles. The summed E-state index contributed by atoms with van der Waals surface area (Å²) in [6, 6.07) is 5.07. The largest absolute Gasteiger partial charge is 0.497 e. The Hall–Kier alpha value is -2.28. The fourth-order valence-electron chi connectivity index (χ4n) is 3.29. The van der Waals surface area contributed by atoms with Crippen molar-refractivity contribution >= 4 is 11.9 Å². The molecule has 0 saturated carbocycles. The zero-order valence-electron chi connectivity index (χ0n) is 16.5. The lowest BCUT2D eigenvalue weighted by Gasteiger charge is -2.39. The number of aliphatic carboxylic acids is 1. The molecule has 1 unspecified atom stereocenters. The monoisotopic (exact) mass is 379 g/mol. The van der Waals surface area contributed by atoms with Gasteiger partial charge < -0.3 is 24.2 Å². The average molecular weight is 379 g/mol. The van der Waals surface area contributed by atoms with Crippen LogP contribution in [0, 0.1) is 11.3 Å². The Bertz CT molecular complexity index is 670. The first-order chi connectivity index (χ1) is 12.8. The summed E-state index contributed by atoms with van der Waals surface area (Å²) in [5.41, 5.74) is -0.663. The van der Waals surface area contributed by atoms with Gasteiger partial charge in [0.15, 0.2) is 0 Å². The van der Waals surface area contributed by atoms with Crippen molar-refractivity contribution in [3.05, 3.63) is 23.8 Å². The highest BCUT2D eigenvalue weighted by Crippen LogP contribution is 2.33. The van der Waals surface area contributed by atoms with E-state index in [9.17, 15) is 14.7 Å². The molecule has 1 aliphatic heterocycles. The zero-order chi connectivity index (χ0) is 20.0. The van der Waals surface area contributed by atoms with E-state index in [1.807, 2.05) is 13.8 Å². The number of carbonyl (C=O) groups excluding carboxylic acids is 1. The van der Waals surface area contributed by atoms with Gasteiger partial charge in [-0.05, 0) is 30.9 Å². The molecule has 0 aliphatic carbocycles. The maximum Gasteiger partial charge on any atom is 0.313 e. The van der Waals surface area contributed by atoms with E-state index in [-0.39, 0.29) is 19.1 Å². The minimum absolute atomic E-state index is 0.0748. The third kappa shape index (κ3) is 4.91. The van der Waals surface area contributed by atoms with Gasteiger partial charge in [-0.1, -0.05) is 13.8 Å². The molecular formula is C20H29NO6. The number of rotatable bonds is 8. The number of methoxy groups -OCH3 is 2. The number of ether oxygens (including phenoxy) is 3. The smallest absolute Gasteiger partial charge is 0.313 e. The van der Waals surface area contributed by atoms with Crippen LogP contribution in [0.2, 0.25) is 0 Å². The van der Waals surface area contributed by atoms with Crippen LogP contribution in [0.1, 0.15) is 37.0 Å². The zero-order valence-corrected chi connectivity index (χ0v) is 16.5. The molecule has 1 aromatic carbocycles. The van der Waals surface area contributed by atoms with Gasteiger partial charge in [0.25, 0.3) is 5.91 Å². The van der Waals surface area contributed by atoms with Crippen molar-refractivity contribution in [3.8, 4) is 11.5 Å². The van der Waals surface area contributed by atoms with Gasteiger partial charge in [-0.2, -0.15) is 0 Å². The van der Waals surface area contributed by atoms with Gasteiger partial charge in [0, 0.05) is 26.3 Å². The van der Waals surface area contributed by atoms with Crippen LogP contribution >= 0.6 is 0 Å². The number of amides is 1. The second-order valence-corrected chi connectivity index (χ2v) is 7.42. The summed E-state index contributed by atoms with van der Waals surface area (Å²) in [5.74, 6) is 0.177. The van der Waals surface area contributed by atoms with Crippen molar-refractivity contribution in [3.63, 3.8) is 0 Å². The predicted octanol–water partition coefficient (Wildman–Crippen LogP) is 2.68. The molecule has 1 aliphatic rings. The molecule has 1 atom stereocenters. The highest BCUT2D eigenvalue weighted by Gasteiger charge is 2.44. The van der Waals surface area contributed by atoms with Crippen LogP contribution < -0.4 is 9.47 Å². The highest BCUT2D eigenvalue weighted by atomic mass is 16.5. The van der Waals surface area contributed by atoms with Gasteiger partial charge in [0.1, 0.15) is 16.9 Å². The van der Waals surface area contributed by atoms with E-state index in [2.05, 4.69) is 0 Å². The quantitative estimate of drug-likeness (QED) is 0.747. The lowest BCUT2D eigenvalue weighted by molar-refractivity contribution is -0.155. The fourth-order valence-corrected chi connectivity index (χ4v) is 3.29. The summed E-state index contributed by atoms with van der Waals surface area (Å²) in [6.45, 7) is 5.22. The minimum atomic E-state index is -1.08. The van der Waals surface area contributed by atoms with Crippen LogP contribution in [-0.4, -0.2) is 62.4 Å². The SMILES string of the molecule is COCC1(C(=O)O)CCCN(C(=O)c2ccc(OC)cc2OCC(C)C)C1. The van der Waals surface area contributed by atoms with Gasteiger partial charge in [-0.15, -0.1) is 0 Å². The van der Waals surface area contributed by atoms with Crippen molar-refractivity contribution in [2.75, 3.05) is 40.5 Å². The van der Waals surface area contributed by atoms with Gasteiger partial charge in [0.2, 0.25) is 0 Å². The molecule has 2 rings (SSSR count). The van der Waals surface area contributed by atoms with Crippen LogP contribution in [0.3, 0.4) is 0 Å². The maximum absolute atomic E-state index is 13.2.